The second-order valence-corrected chi connectivity index (χ2v) is 4.89. The summed E-state index contributed by atoms with van der Waals surface area (Å²) < 4.78 is 0. The summed E-state index contributed by atoms with van der Waals surface area (Å²) in [6.07, 6.45) is 1.90. The van der Waals surface area contributed by atoms with E-state index in [9.17, 15) is 0 Å². The van der Waals surface area contributed by atoms with Crippen LogP contribution in [0.3, 0.4) is 0 Å². The van der Waals surface area contributed by atoms with Crippen molar-refractivity contribution < 1.29 is 0 Å². The van der Waals surface area contributed by atoms with E-state index in [1.54, 1.807) is 11.3 Å². The zero-order chi connectivity index (χ0) is 13.5. The van der Waals surface area contributed by atoms with Gasteiger partial charge in [-0.2, -0.15) is 0 Å². The molecule has 0 amide bonds. The SMILES string of the molecule is CCCNc1cc(NCc2cscn2)nc(CC)n1. The van der Waals surface area contributed by atoms with E-state index in [0.29, 0.717) is 6.54 Å². The van der Waals surface area contributed by atoms with Gasteiger partial charge < -0.3 is 10.6 Å². The van der Waals surface area contributed by atoms with Gasteiger partial charge in [0.25, 0.3) is 0 Å². The normalized spacial score (nSPS) is 10.4. The summed E-state index contributed by atoms with van der Waals surface area (Å²) in [7, 11) is 0. The Labute approximate surface area is 117 Å². The van der Waals surface area contributed by atoms with Crippen molar-refractivity contribution in [1.29, 1.82) is 0 Å². The maximum Gasteiger partial charge on any atom is 0.132 e. The highest BCUT2D eigenvalue weighted by molar-refractivity contribution is 7.07. The Balaban J connectivity index is 2.05. The summed E-state index contributed by atoms with van der Waals surface area (Å²) in [6.45, 7) is 5.81. The van der Waals surface area contributed by atoms with Gasteiger partial charge in [-0.15, -0.1) is 11.3 Å². The Morgan fingerprint density at radius 1 is 1.16 bits per heavy atom. The Morgan fingerprint density at radius 2 is 1.95 bits per heavy atom. The van der Waals surface area contributed by atoms with Gasteiger partial charge >= 0.3 is 0 Å². The molecule has 2 rings (SSSR count). The molecule has 0 saturated carbocycles. The van der Waals surface area contributed by atoms with Crippen LogP contribution in [-0.4, -0.2) is 21.5 Å². The van der Waals surface area contributed by atoms with Crippen LogP contribution in [-0.2, 0) is 13.0 Å². The molecule has 0 radical (unpaired) electrons. The molecule has 0 aliphatic rings. The number of anilines is 2. The van der Waals surface area contributed by atoms with E-state index in [-0.39, 0.29) is 0 Å². The van der Waals surface area contributed by atoms with Crippen molar-refractivity contribution in [3.05, 3.63) is 28.5 Å². The van der Waals surface area contributed by atoms with E-state index in [4.69, 9.17) is 0 Å². The molecule has 19 heavy (non-hydrogen) atoms. The van der Waals surface area contributed by atoms with Crippen LogP contribution in [0.1, 0.15) is 31.8 Å². The first-order valence-corrected chi connectivity index (χ1v) is 7.48. The van der Waals surface area contributed by atoms with Crippen LogP contribution in [0.4, 0.5) is 11.6 Å². The Kier molecular flexibility index (Phi) is 5.09. The summed E-state index contributed by atoms with van der Waals surface area (Å²) in [5.41, 5.74) is 2.87. The molecule has 0 spiro atoms. The van der Waals surface area contributed by atoms with E-state index in [2.05, 4.69) is 39.4 Å². The molecule has 0 atom stereocenters. The lowest BCUT2D eigenvalue weighted by Crippen LogP contribution is -2.08. The van der Waals surface area contributed by atoms with Gasteiger partial charge in [-0.1, -0.05) is 13.8 Å². The molecule has 2 aromatic heterocycles. The third-order valence-electron chi connectivity index (χ3n) is 2.58. The molecule has 2 heterocycles. The third-order valence-corrected chi connectivity index (χ3v) is 3.21. The molecule has 5 nitrogen and oxygen atoms in total. The molecule has 0 unspecified atom stereocenters. The molecular weight excluding hydrogens is 258 g/mol. The smallest absolute Gasteiger partial charge is 0.132 e. The van der Waals surface area contributed by atoms with Crippen molar-refractivity contribution in [3.8, 4) is 0 Å². The van der Waals surface area contributed by atoms with Crippen molar-refractivity contribution in [1.82, 2.24) is 15.0 Å². The topological polar surface area (TPSA) is 62.7 Å². The van der Waals surface area contributed by atoms with E-state index < -0.39 is 0 Å². The van der Waals surface area contributed by atoms with Crippen molar-refractivity contribution in [3.63, 3.8) is 0 Å². The fourth-order valence-corrected chi connectivity index (χ4v) is 2.15. The second-order valence-electron chi connectivity index (χ2n) is 4.17. The van der Waals surface area contributed by atoms with Crippen LogP contribution in [0, 0.1) is 0 Å². The summed E-state index contributed by atoms with van der Waals surface area (Å²) in [5, 5.41) is 8.62. The number of aryl methyl sites for hydroxylation is 1. The van der Waals surface area contributed by atoms with E-state index in [1.807, 2.05) is 17.0 Å². The summed E-state index contributed by atoms with van der Waals surface area (Å²) in [4.78, 5) is 13.2. The highest BCUT2D eigenvalue weighted by Gasteiger charge is 2.03. The minimum Gasteiger partial charge on any atom is -0.370 e. The predicted octanol–water partition coefficient (Wildman–Crippen LogP) is 2.93. The standard InChI is InChI=1S/C13H19N5S/c1-3-5-14-12-6-13(18-11(4-2)17-12)15-7-10-8-19-9-16-10/h6,8-9H,3-5,7H2,1-2H3,(H2,14,15,17,18). The molecular formula is C13H19N5S. The molecule has 0 aliphatic heterocycles. The molecule has 2 N–H and O–H groups in total. The first-order chi connectivity index (χ1) is 9.31. The molecule has 0 fully saturated rings. The maximum absolute atomic E-state index is 4.47. The zero-order valence-electron chi connectivity index (χ0n) is 11.3. The molecule has 0 saturated heterocycles. The fourth-order valence-electron chi connectivity index (χ4n) is 1.60. The highest BCUT2D eigenvalue weighted by Crippen LogP contribution is 2.13. The first-order valence-electron chi connectivity index (χ1n) is 6.54. The number of nitrogens with one attached hydrogen (secondary N) is 2. The predicted molar refractivity (Wildman–Crippen MR) is 79.6 cm³/mol. The van der Waals surface area contributed by atoms with Gasteiger partial charge in [0.15, 0.2) is 0 Å². The number of rotatable bonds is 7. The van der Waals surface area contributed by atoms with E-state index in [1.165, 1.54) is 0 Å². The Morgan fingerprint density at radius 3 is 2.58 bits per heavy atom. The number of aromatic nitrogens is 3. The van der Waals surface area contributed by atoms with Gasteiger partial charge in [-0.3, -0.25) is 0 Å². The van der Waals surface area contributed by atoms with Crippen molar-refractivity contribution in [2.45, 2.75) is 33.2 Å². The summed E-state index contributed by atoms with van der Waals surface area (Å²) in [6, 6.07) is 1.95. The molecule has 0 aromatic carbocycles. The molecule has 0 bridgehead atoms. The summed E-state index contributed by atoms with van der Waals surface area (Å²) in [5.74, 6) is 2.58. The molecule has 6 heteroatoms. The summed E-state index contributed by atoms with van der Waals surface area (Å²) >= 11 is 1.60. The van der Waals surface area contributed by atoms with Gasteiger partial charge in [-0.05, 0) is 6.42 Å². The van der Waals surface area contributed by atoms with Crippen LogP contribution >= 0.6 is 11.3 Å². The molecule has 2 aromatic rings. The first kappa shape index (κ1) is 13.7. The lowest BCUT2D eigenvalue weighted by molar-refractivity contribution is 0.911. The third kappa shape index (κ3) is 4.17. The van der Waals surface area contributed by atoms with E-state index in [0.717, 1.165) is 42.5 Å². The lowest BCUT2D eigenvalue weighted by atomic mass is 10.4. The van der Waals surface area contributed by atoms with Gasteiger partial charge in [0, 0.05) is 24.4 Å². The Hall–Kier alpha value is -1.69. The van der Waals surface area contributed by atoms with Gasteiger partial charge in [0.05, 0.1) is 17.7 Å². The van der Waals surface area contributed by atoms with Crippen molar-refractivity contribution in [2.75, 3.05) is 17.2 Å². The van der Waals surface area contributed by atoms with Crippen LogP contribution < -0.4 is 10.6 Å². The van der Waals surface area contributed by atoms with Gasteiger partial charge in [0.2, 0.25) is 0 Å². The van der Waals surface area contributed by atoms with Crippen LogP contribution in [0.2, 0.25) is 0 Å². The average Bonchev–Trinajstić information content (AvgIpc) is 2.96. The van der Waals surface area contributed by atoms with Crippen LogP contribution in [0.5, 0.6) is 0 Å². The minimum atomic E-state index is 0.691. The number of nitrogens with zero attached hydrogens (tertiary/aromatic N) is 3. The van der Waals surface area contributed by atoms with Gasteiger partial charge in [0.1, 0.15) is 17.5 Å². The monoisotopic (exact) mass is 277 g/mol. The van der Waals surface area contributed by atoms with Crippen molar-refractivity contribution >= 4 is 23.0 Å². The molecule has 102 valence electrons. The zero-order valence-corrected chi connectivity index (χ0v) is 12.1. The maximum atomic E-state index is 4.47. The average molecular weight is 277 g/mol. The highest BCUT2D eigenvalue weighted by atomic mass is 32.1. The fraction of sp³-hybridized carbons (Fsp3) is 0.462. The van der Waals surface area contributed by atoms with Crippen LogP contribution in [0.25, 0.3) is 0 Å². The van der Waals surface area contributed by atoms with Crippen molar-refractivity contribution in [2.24, 2.45) is 0 Å². The number of thiazole rings is 1. The second kappa shape index (κ2) is 7.04. The van der Waals surface area contributed by atoms with E-state index >= 15 is 0 Å². The quantitative estimate of drug-likeness (QED) is 0.814. The largest absolute Gasteiger partial charge is 0.370 e. The number of hydrogen-bond acceptors (Lipinski definition) is 6. The molecule has 0 aliphatic carbocycles. The lowest BCUT2D eigenvalue weighted by Gasteiger charge is -2.09. The van der Waals surface area contributed by atoms with Crippen LogP contribution in [0.15, 0.2) is 17.0 Å². The van der Waals surface area contributed by atoms with Gasteiger partial charge in [-0.25, -0.2) is 15.0 Å². The Bertz CT molecular complexity index is 498. The number of hydrogen-bond donors (Lipinski definition) is 2. The minimum absolute atomic E-state index is 0.691.